The first-order valence-corrected chi connectivity index (χ1v) is 5.66. The summed E-state index contributed by atoms with van der Waals surface area (Å²) in [5, 5.41) is 20.0. The molecule has 18 heavy (non-hydrogen) atoms. The SMILES string of the molecule is N#Cc1ccnc(N2CCC(CN)C2)c1[N+](=O)[O-]. The summed E-state index contributed by atoms with van der Waals surface area (Å²) in [6.07, 6.45) is 2.32. The fourth-order valence-corrected chi connectivity index (χ4v) is 2.16. The van der Waals surface area contributed by atoms with Gasteiger partial charge in [0.25, 0.3) is 0 Å². The normalized spacial score (nSPS) is 18.7. The number of hydrogen-bond donors (Lipinski definition) is 1. The standard InChI is InChI=1S/C11H13N5O2/c12-5-8-2-4-15(7-8)11-10(16(17)18)9(6-13)1-3-14-11/h1,3,8H,2,4-5,7,12H2. The first kappa shape index (κ1) is 12.3. The molecule has 1 fully saturated rings. The second kappa shape index (κ2) is 4.98. The number of anilines is 1. The van der Waals surface area contributed by atoms with E-state index in [-0.39, 0.29) is 17.1 Å². The van der Waals surface area contributed by atoms with E-state index < -0.39 is 4.92 Å². The summed E-state index contributed by atoms with van der Waals surface area (Å²) >= 11 is 0. The lowest BCUT2D eigenvalue weighted by atomic mass is 10.1. The van der Waals surface area contributed by atoms with Gasteiger partial charge in [0, 0.05) is 19.3 Å². The molecule has 0 bridgehead atoms. The topological polar surface area (TPSA) is 109 Å². The van der Waals surface area contributed by atoms with E-state index in [1.165, 1.54) is 12.3 Å². The predicted molar refractivity (Wildman–Crippen MR) is 65.0 cm³/mol. The van der Waals surface area contributed by atoms with E-state index in [0.717, 1.165) is 6.42 Å². The molecule has 2 heterocycles. The summed E-state index contributed by atoms with van der Waals surface area (Å²) < 4.78 is 0. The molecule has 0 amide bonds. The molecule has 0 radical (unpaired) electrons. The third kappa shape index (κ3) is 2.10. The van der Waals surface area contributed by atoms with Crippen molar-refractivity contribution in [2.45, 2.75) is 6.42 Å². The van der Waals surface area contributed by atoms with Crippen LogP contribution in [0, 0.1) is 27.4 Å². The van der Waals surface area contributed by atoms with E-state index in [1.54, 1.807) is 0 Å². The molecule has 1 saturated heterocycles. The third-order valence-corrected chi connectivity index (χ3v) is 3.13. The summed E-state index contributed by atoms with van der Waals surface area (Å²) in [4.78, 5) is 16.4. The maximum Gasteiger partial charge on any atom is 0.329 e. The second-order valence-corrected chi connectivity index (χ2v) is 4.24. The van der Waals surface area contributed by atoms with Gasteiger partial charge in [0.15, 0.2) is 0 Å². The van der Waals surface area contributed by atoms with E-state index in [2.05, 4.69) is 4.98 Å². The number of nitriles is 1. The van der Waals surface area contributed by atoms with Gasteiger partial charge in [-0.1, -0.05) is 0 Å². The van der Waals surface area contributed by atoms with Crippen LogP contribution in [0.4, 0.5) is 11.5 Å². The first-order valence-electron chi connectivity index (χ1n) is 5.66. The minimum Gasteiger partial charge on any atom is -0.351 e. The Balaban J connectivity index is 2.40. The lowest BCUT2D eigenvalue weighted by molar-refractivity contribution is -0.384. The minimum atomic E-state index is -0.545. The largest absolute Gasteiger partial charge is 0.351 e. The van der Waals surface area contributed by atoms with Gasteiger partial charge in [-0.15, -0.1) is 0 Å². The third-order valence-electron chi connectivity index (χ3n) is 3.13. The van der Waals surface area contributed by atoms with E-state index in [0.29, 0.717) is 25.6 Å². The van der Waals surface area contributed by atoms with Gasteiger partial charge in [0.05, 0.1) is 4.92 Å². The van der Waals surface area contributed by atoms with Gasteiger partial charge in [-0.2, -0.15) is 5.26 Å². The molecule has 7 nitrogen and oxygen atoms in total. The highest BCUT2D eigenvalue weighted by Gasteiger charge is 2.30. The van der Waals surface area contributed by atoms with Crippen molar-refractivity contribution in [3.05, 3.63) is 27.9 Å². The van der Waals surface area contributed by atoms with Gasteiger partial charge in [-0.25, -0.2) is 4.98 Å². The average molecular weight is 247 g/mol. The molecule has 1 aromatic heterocycles. The maximum absolute atomic E-state index is 11.1. The Morgan fingerprint density at radius 3 is 3.06 bits per heavy atom. The molecule has 0 spiro atoms. The molecule has 0 aromatic carbocycles. The van der Waals surface area contributed by atoms with Crippen LogP contribution < -0.4 is 10.6 Å². The van der Waals surface area contributed by atoms with Gasteiger partial charge in [-0.05, 0) is 24.9 Å². The molecule has 1 aromatic rings. The first-order chi connectivity index (χ1) is 8.67. The van der Waals surface area contributed by atoms with Crippen LogP contribution in [0.1, 0.15) is 12.0 Å². The molecule has 1 aliphatic heterocycles. The Morgan fingerprint density at radius 1 is 1.72 bits per heavy atom. The number of rotatable bonds is 3. The highest BCUT2D eigenvalue weighted by molar-refractivity contribution is 5.65. The number of hydrogen-bond acceptors (Lipinski definition) is 6. The quantitative estimate of drug-likeness (QED) is 0.620. The van der Waals surface area contributed by atoms with Crippen molar-refractivity contribution in [3.63, 3.8) is 0 Å². The van der Waals surface area contributed by atoms with E-state index >= 15 is 0 Å². The van der Waals surface area contributed by atoms with Crippen molar-refractivity contribution in [2.24, 2.45) is 11.7 Å². The number of nitrogens with zero attached hydrogens (tertiary/aromatic N) is 4. The predicted octanol–water partition coefficient (Wildman–Crippen LogP) is 0.646. The summed E-state index contributed by atoms with van der Waals surface area (Å²) in [6.45, 7) is 1.89. The number of pyridine rings is 1. The Kier molecular flexibility index (Phi) is 3.39. The summed E-state index contributed by atoms with van der Waals surface area (Å²) in [6, 6.07) is 3.19. The molecule has 7 heteroatoms. The van der Waals surface area contributed by atoms with Gasteiger partial charge >= 0.3 is 5.69 Å². The van der Waals surface area contributed by atoms with Crippen molar-refractivity contribution >= 4 is 11.5 Å². The minimum absolute atomic E-state index is 0.0428. The van der Waals surface area contributed by atoms with Gasteiger partial charge < -0.3 is 10.6 Å². The lowest BCUT2D eigenvalue weighted by Crippen LogP contribution is -2.24. The maximum atomic E-state index is 11.1. The Morgan fingerprint density at radius 2 is 2.50 bits per heavy atom. The molecule has 1 unspecified atom stereocenters. The Labute approximate surface area is 104 Å². The molecule has 0 aliphatic carbocycles. The summed E-state index contributed by atoms with van der Waals surface area (Å²) in [5.41, 5.74) is 5.43. The zero-order valence-corrected chi connectivity index (χ0v) is 9.74. The molecule has 2 rings (SSSR count). The number of nitro groups is 1. The van der Waals surface area contributed by atoms with Crippen LogP contribution in [0.5, 0.6) is 0 Å². The van der Waals surface area contributed by atoms with Crippen LogP contribution in [0.15, 0.2) is 12.3 Å². The highest BCUT2D eigenvalue weighted by atomic mass is 16.6. The lowest BCUT2D eigenvalue weighted by Gasteiger charge is -2.17. The van der Waals surface area contributed by atoms with Crippen LogP contribution in [-0.4, -0.2) is 29.5 Å². The van der Waals surface area contributed by atoms with E-state index in [4.69, 9.17) is 11.0 Å². The summed E-state index contributed by atoms with van der Waals surface area (Å²) in [7, 11) is 0. The molecule has 0 saturated carbocycles. The molecule has 1 aliphatic rings. The smallest absolute Gasteiger partial charge is 0.329 e. The fourth-order valence-electron chi connectivity index (χ4n) is 2.16. The van der Waals surface area contributed by atoms with Gasteiger partial charge in [0.2, 0.25) is 5.82 Å². The van der Waals surface area contributed by atoms with Crippen LogP contribution in [0.3, 0.4) is 0 Å². The monoisotopic (exact) mass is 247 g/mol. The van der Waals surface area contributed by atoms with Crippen LogP contribution in [0.25, 0.3) is 0 Å². The van der Waals surface area contributed by atoms with Gasteiger partial charge in [-0.3, -0.25) is 10.1 Å². The van der Waals surface area contributed by atoms with Crippen LogP contribution in [0.2, 0.25) is 0 Å². The zero-order valence-electron chi connectivity index (χ0n) is 9.74. The number of nitrogens with two attached hydrogens (primary N) is 1. The molecule has 94 valence electrons. The van der Waals surface area contributed by atoms with Crippen molar-refractivity contribution in [3.8, 4) is 6.07 Å². The molecular weight excluding hydrogens is 234 g/mol. The zero-order chi connectivity index (χ0) is 13.1. The molecular formula is C11H13N5O2. The van der Waals surface area contributed by atoms with Crippen molar-refractivity contribution in [1.29, 1.82) is 5.26 Å². The Hall–Kier alpha value is -2.20. The molecule has 1 atom stereocenters. The van der Waals surface area contributed by atoms with Crippen LogP contribution >= 0.6 is 0 Å². The molecule has 2 N–H and O–H groups in total. The second-order valence-electron chi connectivity index (χ2n) is 4.24. The van der Waals surface area contributed by atoms with E-state index in [9.17, 15) is 10.1 Å². The Bertz CT molecular complexity index is 511. The van der Waals surface area contributed by atoms with Crippen molar-refractivity contribution in [1.82, 2.24) is 4.98 Å². The van der Waals surface area contributed by atoms with E-state index in [1.807, 2.05) is 11.0 Å². The van der Waals surface area contributed by atoms with Crippen molar-refractivity contribution in [2.75, 3.05) is 24.5 Å². The van der Waals surface area contributed by atoms with Crippen molar-refractivity contribution < 1.29 is 4.92 Å². The average Bonchev–Trinajstić information content (AvgIpc) is 2.86. The summed E-state index contributed by atoms with van der Waals surface area (Å²) in [5.74, 6) is 0.604. The fraction of sp³-hybridized carbons (Fsp3) is 0.455. The van der Waals surface area contributed by atoms with Gasteiger partial charge in [0.1, 0.15) is 11.6 Å². The number of aromatic nitrogens is 1. The highest BCUT2D eigenvalue weighted by Crippen LogP contribution is 2.32. The van der Waals surface area contributed by atoms with Crippen LogP contribution in [-0.2, 0) is 0 Å².